The summed E-state index contributed by atoms with van der Waals surface area (Å²) in [5.74, 6) is 0.843. The molecule has 74 heavy (non-hydrogen) atoms. The number of hydrogen-bond donors (Lipinski definition) is 0. The van der Waals surface area contributed by atoms with Crippen LogP contribution in [0.1, 0.15) is 0 Å². The number of aromatic nitrogens is 3. The van der Waals surface area contributed by atoms with E-state index < -0.39 is 0 Å². The van der Waals surface area contributed by atoms with Crippen molar-refractivity contribution in [1.82, 2.24) is 14.1 Å². The third-order valence-electron chi connectivity index (χ3n) is 14.7. The van der Waals surface area contributed by atoms with E-state index in [0.717, 1.165) is 89.3 Å². The van der Waals surface area contributed by atoms with Crippen molar-refractivity contribution in [2.45, 2.75) is 0 Å². The van der Waals surface area contributed by atoms with Crippen molar-refractivity contribution in [2.24, 2.45) is 0 Å². The molecular weight excluding hydrogens is 895 g/mol. The average molecular weight is 942 g/mol. The highest BCUT2D eigenvalue weighted by Crippen LogP contribution is 2.54. The fourth-order valence-electron chi connectivity index (χ4n) is 11.5. The van der Waals surface area contributed by atoms with E-state index in [0.29, 0.717) is 0 Å². The molecule has 0 saturated carbocycles. The molecule has 3 heteroatoms. The zero-order valence-electron chi connectivity index (χ0n) is 40.5. The van der Waals surface area contributed by atoms with Crippen LogP contribution in [0.5, 0.6) is 0 Å². The van der Waals surface area contributed by atoms with Gasteiger partial charge in [0.25, 0.3) is 0 Å². The van der Waals surface area contributed by atoms with E-state index in [4.69, 9.17) is 4.98 Å². The lowest BCUT2D eigenvalue weighted by atomic mass is 9.80. The zero-order chi connectivity index (χ0) is 49.0. The van der Waals surface area contributed by atoms with Gasteiger partial charge in [-0.15, -0.1) is 0 Å². The van der Waals surface area contributed by atoms with E-state index in [1.54, 1.807) is 0 Å². The van der Waals surface area contributed by atoms with Crippen LogP contribution in [0.25, 0.3) is 133 Å². The number of rotatable bonds is 9. The minimum Gasteiger partial charge on any atom is -0.309 e. The summed E-state index contributed by atoms with van der Waals surface area (Å²) < 4.78 is 4.86. The second-order valence-electron chi connectivity index (χ2n) is 19.0. The van der Waals surface area contributed by atoms with Crippen molar-refractivity contribution >= 4 is 43.6 Å². The number of hydrogen-bond acceptors (Lipinski definition) is 1. The Morgan fingerprint density at radius 3 is 1.23 bits per heavy atom. The Labute approximate surface area is 430 Å². The molecule has 0 aliphatic heterocycles. The molecule has 346 valence electrons. The summed E-state index contributed by atoms with van der Waals surface area (Å²) in [5.41, 5.74) is 21.4. The Bertz CT molecular complexity index is 4300. The SMILES string of the molecule is c1ccc(-c2cc(-c3ccccc3)nc(-n3c4ccc(-c5ccc6c(c5)c5ccccc5n6-c5ccccc5)cc4c4c(-c5ccccc5)c(-c5ccccc5)c(-c5ccccc5)c(-c5ccccc5)c43)c2)cc1. The van der Waals surface area contributed by atoms with E-state index in [-0.39, 0.29) is 0 Å². The summed E-state index contributed by atoms with van der Waals surface area (Å²) in [6, 6.07) is 103. The van der Waals surface area contributed by atoms with Crippen molar-refractivity contribution in [3.8, 4) is 89.5 Å². The van der Waals surface area contributed by atoms with Gasteiger partial charge in [-0.05, 0) is 105 Å². The van der Waals surface area contributed by atoms with Crippen LogP contribution in [0.3, 0.4) is 0 Å². The van der Waals surface area contributed by atoms with E-state index in [9.17, 15) is 0 Å². The van der Waals surface area contributed by atoms with Gasteiger partial charge in [-0.2, -0.15) is 0 Å². The monoisotopic (exact) mass is 941 g/mol. The quantitative estimate of drug-likeness (QED) is 0.141. The number of para-hydroxylation sites is 2. The second-order valence-corrected chi connectivity index (χ2v) is 19.0. The first-order chi connectivity index (χ1) is 36.7. The summed E-state index contributed by atoms with van der Waals surface area (Å²) >= 11 is 0. The highest BCUT2D eigenvalue weighted by molar-refractivity contribution is 6.27. The first-order valence-corrected chi connectivity index (χ1v) is 25.4. The van der Waals surface area contributed by atoms with Crippen LogP contribution in [0.4, 0.5) is 0 Å². The van der Waals surface area contributed by atoms with Gasteiger partial charge in [0.05, 0.1) is 27.8 Å². The van der Waals surface area contributed by atoms with Crippen LogP contribution >= 0.6 is 0 Å². The number of nitrogens with zero attached hydrogens (tertiary/aromatic N) is 3. The summed E-state index contributed by atoms with van der Waals surface area (Å²) in [5, 5.41) is 4.75. The molecule has 0 atom stereocenters. The molecule has 14 aromatic rings. The molecule has 0 N–H and O–H groups in total. The maximum Gasteiger partial charge on any atom is 0.138 e. The molecule has 0 unspecified atom stereocenters. The van der Waals surface area contributed by atoms with Crippen molar-refractivity contribution in [1.29, 1.82) is 0 Å². The topological polar surface area (TPSA) is 22.8 Å². The Hall–Kier alpha value is -9.83. The van der Waals surface area contributed by atoms with Gasteiger partial charge < -0.3 is 4.57 Å². The second kappa shape index (κ2) is 18.1. The average Bonchev–Trinajstić information content (AvgIpc) is 4.02. The fourth-order valence-corrected chi connectivity index (χ4v) is 11.5. The summed E-state index contributed by atoms with van der Waals surface area (Å²) in [4.78, 5) is 5.72. The maximum atomic E-state index is 5.72. The summed E-state index contributed by atoms with van der Waals surface area (Å²) in [7, 11) is 0. The number of pyridine rings is 1. The Morgan fingerprint density at radius 1 is 0.243 bits per heavy atom. The minimum atomic E-state index is 0.843. The van der Waals surface area contributed by atoms with E-state index in [1.165, 1.54) is 43.9 Å². The molecule has 0 saturated heterocycles. The summed E-state index contributed by atoms with van der Waals surface area (Å²) in [6.07, 6.45) is 0. The van der Waals surface area contributed by atoms with Crippen LogP contribution in [-0.2, 0) is 0 Å². The van der Waals surface area contributed by atoms with Crippen molar-refractivity contribution in [3.63, 3.8) is 0 Å². The summed E-state index contributed by atoms with van der Waals surface area (Å²) in [6.45, 7) is 0. The maximum absolute atomic E-state index is 5.72. The number of fused-ring (bicyclic) bond motifs is 6. The van der Waals surface area contributed by atoms with Crippen LogP contribution in [0.15, 0.2) is 285 Å². The first kappa shape index (κ1) is 43.0. The minimum absolute atomic E-state index is 0.843. The van der Waals surface area contributed by atoms with Gasteiger partial charge >= 0.3 is 0 Å². The highest BCUT2D eigenvalue weighted by atomic mass is 15.1. The lowest BCUT2D eigenvalue weighted by Gasteiger charge is -2.24. The van der Waals surface area contributed by atoms with Crippen LogP contribution < -0.4 is 0 Å². The Morgan fingerprint density at radius 2 is 0.662 bits per heavy atom. The normalized spacial score (nSPS) is 11.5. The number of benzene rings is 11. The lowest BCUT2D eigenvalue weighted by Crippen LogP contribution is -2.03. The van der Waals surface area contributed by atoms with Gasteiger partial charge in [0.2, 0.25) is 0 Å². The molecular formula is C71H47N3. The Balaban J connectivity index is 1.17. The molecule has 0 radical (unpaired) electrons. The molecule has 0 aliphatic rings. The predicted molar refractivity (Wildman–Crippen MR) is 311 cm³/mol. The van der Waals surface area contributed by atoms with Gasteiger partial charge in [0.15, 0.2) is 0 Å². The standard InChI is InChI=1S/C71H47N3/c1-8-24-48(25-9-1)56-46-61(49-26-10-2-11-27-49)72-65(47-56)74-64-43-41-55(54-40-42-63-59(44-54)58-38-22-23-39-62(58)73(63)57-36-20-7-21-37-57)45-60(64)70-68(52-32-16-5-17-33-52)66(50-28-12-3-13-29-50)67(51-30-14-4-15-31-51)69(71(70)74)53-34-18-6-19-35-53/h1-47H. The molecule has 0 amide bonds. The highest BCUT2D eigenvalue weighted by Gasteiger charge is 2.30. The smallest absolute Gasteiger partial charge is 0.138 e. The van der Waals surface area contributed by atoms with Crippen molar-refractivity contribution in [2.75, 3.05) is 0 Å². The van der Waals surface area contributed by atoms with E-state index in [2.05, 4.69) is 294 Å². The van der Waals surface area contributed by atoms with Gasteiger partial charge in [-0.3, -0.25) is 4.57 Å². The molecule has 11 aromatic carbocycles. The molecule has 0 spiro atoms. The van der Waals surface area contributed by atoms with Crippen molar-refractivity contribution in [3.05, 3.63) is 285 Å². The molecule has 0 fully saturated rings. The van der Waals surface area contributed by atoms with Gasteiger partial charge in [0, 0.05) is 49.5 Å². The van der Waals surface area contributed by atoms with Gasteiger partial charge in [-0.1, -0.05) is 231 Å². The lowest BCUT2D eigenvalue weighted by molar-refractivity contribution is 1.08. The largest absolute Gasteiger partial charge is 0.309 e. The third-order valence-corrected chi connectivity index (χ3v) is 14.7. The van der Waals surface area contributed by atoms with Crippen LogP contribution in [0.2, 0.25) is 0 Å². The van der Waals surface area contributed by atoms with Gasteiger partial charge in [0.1, 0.15) is 5.82 Å². The molecule has 14 rings (SSSR count). The Kier molecular flexibility index (Phi) is 10.5. The van der Waals surface area contributed by atoms with Crippen molar-refractivity contribution < 1.29 is 0 Å². The fraction of sp³-hybridized carbons (Fsp3) is 0. The molecule has 3 heterocycles. The molecule has 0 aliphatic carbocycles. The third kappa shape index (κ3) is 7.25. The molecule has 3 nitrogen and oxygen atoms in total. The molecule has 3 aromatic heterocycles. The first-order valence-electron chi connectivity index (χ1n) is 25.4. The van der Waals surface area contributed by atoms with Crippen LogP contribution in [-0.4, -0.2) is 14.1 Å². The molecule has 0 bridgehead atoms. The predicted octanol–water partition coefficient (Wildman–Crippen LogP) is 18.9. The van der Waals surface area contributed by atoms with Gasteiger partial charge in [-0.25, -0.2) is 4.98 Å². The van der Waals surface area contributed by atoms with E-state index >= 15 is 0 Å². The van der Waals surface area contributed by atoms with Crippen LogP contribution in [0, 0.1) is 0 Å². The van der Waals surface area contributed by atoms with E-state index in [1.807, 2.05) is 0 Å². The zero-order valence-corrected chi connectivity index (χ0v) is 40.5.